The molecule has 0 radical (unpaired) electrons. The summed E-state index contributed by atoms with van der Waals surface area (Å²) in [4.78, 5) is 17.0. The summed E-state index contributed by atoms with van der Waals surface area (Å²) in [5.41, 5.74) is 2.65. The molecule has 1 amide bonds. The molecule has 1 atom stereocenters. The van der Waals surface area contributed by atoms with Gasteiger partial charge in [-0.15, -0.1) is 21.5 Å². The SMILES string of the molecule is CC(Sc1nnc(NCc2ccccc2)s1)C(=O)Nc1nc(-c2ccc(F)cc2)cs1. The molecular formula is C21H18FN5OS3. The molecule has 2 aromatic carbocycles. The average Bonchev–Trinajstić information content (AvgIpc) is 3.43. The van der Waals surface area contributed by atoms with Crippen molar-refractivity contribution >= 4 is 50.6 Å². The van der Waals surface area contributed by atoms with Crippen molar-refractivity contribution < 1.29 is 9.18 Å². The highest BCUT2D eigenvalue weighted by molar-refractivity contribution is 8.02. The molecule has 4 rings (SSSR count). The highest BCUT2D eigenvalue weighted by Crippen LogP contribution is 2.30. The lowest BCUT2D eigenvalue weighted by Crippen LogP contribution is -2.22. The first-order valence-electron chi connectivity index (χ1n) is 9.37. The van der Waals surface area contributed by atoms with Crippen LogP contribution in [0.2, 0.25) is 0 Å². The molecule has 6 nitrogen and oxygen atoms in total. The number of halogens is 1. The molecule has 0 saturated carbocycles. The molecule has 0 saturated heterocycles. The van der Waals surface area contributed by atoms with E-state index < -0.39 is 0 Å². The normalized spacial score (nSPS) is 11.8. The molecule has 0 aliphatic rings. The Hall–Kier alpha value is -2.82. The third kappa shape index (κ3) is 5.87. The molecule has 4 aromatic rings. The van der Waals surface area contributed by atoms with Crippen LogP contribution in [0.3, 0.4) is 0 Å². The number of thioether (sulfide) groups is 1. The van der Waals surface area contributed by atoms with E-state index in [0.29, 0.717) is 26.8 Å². The van der Waals surface area contributed by atoms with E-state index in [1.54, 1.807) is 12.1 Å². The summed E-state index contributed by atoms with van der Waals surface area (Å²) >= 11 is 4.09. The first kappa shape index (κ1) is 21.4. The number of carbonyl (C=O) groups is 1. The predicted octanol–water partition coefficient (Wildman–Crippen LogP) is 5.53. The van der Waals surface area contributed by atoms with E-state index in [-0.39, 0.29) is 17.0 Å². The number of amides is 1. The molecule has 0 bridgehead atoms. The van der Waals surface area contributed by atoms with Gasteiger partial charge in [-0.1, -0.05) is 53.4 Å². The summed E-state index contributed by atoms with van der Waals surface area (Å²) < 4.78 is 13.8. The number of carbonyl (C=O) groups excluding carboxylic acids is 1. The molecule has 0 aliphatic heterocycles. The van der Waals surface area contributed by atoms with Crippen molar-refractivity contribution in [2.45, 2.75) is 23.1 Å². The van der Waals surface area contributed by atoms with Crippen LogP contribution in [0.4, 0.5) is 14.7 Å². The molecule has 10 heteroatoms. The van der Waals surface area contributed by atoms with Gasteiger partial charge in [-0.3, -0.25) is 4.79 Å². The maximum atomic E-state index is 13.1. The Bertz CT molecular complexity index is 1150. The number of rotatable bonds is 8. The summed E-state index contributed by atoms with van der Waals surface area (Å²) in [5, 5.41) is 17.0. The molecule has 158 valence electrons. The lowest BCUT2D eigenvalue weighted by molar-refractivity contribution is -0.115. The number of aromatic nitrogens is 3. The van der Waals surface area contributed by atoms with E-state index in [0.717, 1.165) is 11.1 Å². The van der Waals surface area contributed by atoms with Gasteiger partial charge < -0.3 is 10.6 Å². The second-order valence-corrected chi connectivity index (χ2v) is 9.93. The third-order valence-corrected chi connectivity index (χ3v) is 7.04. The Morgan fingerprint density at radius 2 is 1.87 bits per heavy atom. The van der Waals surface area contributed by atoms with Gasteiger partial charge in [-0.25, -0.2) is 9.37 Å². The second kappa shape index (κ2) is 9.99. The number of thiazole rings is 1. The minimum atomic E-state index is -0.368. The predicted molar refractivity (Wildman–Crippen MR) is 125 cm³/mol. The number of hydrogen-bond donors (Lipinski definition) is 2. The highest BCUT2D eigenvalue weighted by Gasteiger charge is 2.19. The zero-order valence-electron chi connectivity index (χ0n) is 16.4. The van der Waals surface area contributed by atoms with Crippen LogP contribution in [0.1, 0.15) is 12.5 Å². The maximum Gasteiger partial charge on any atom is 0.239 e. The molecule has 2 aromatic heterocycles. The Morgan fingerprint density at radius 3 is 2.65 bits per heavy atom. The van der Waals surface area contributed by atoms with Crippen molar-refractivity contribution in [1.29, 1.82) is 0 Å². The van der Waals surface area contributed by atoms with E-state index in [9.17, 15) is 9.18 Å². The number of hydrogen-bond acceptors (Lipinski definition) is 8. The molecule has 1 unspecified atom stereocenters. The Balaban J connectivity index is 1.30. The first-order valence-corrected chi connectivity index (χ1v) is 11.9. The van der Waals surface area contributed by atoms with Crippen molar-refractivity contribution in [3.05, 3.63) is 71.4 Å². The smallest absolute Gasteiger partial charge is 0.239 e. The first-order chi connectivity index (χ1) is 15.1. The maximum absolute atomic E-state index is 13.1. The van der Waals surface area contributed by atoms with Crippen LogP contribution in [-0.2, 0) is 11.3 Å². The minimum absolute atomic E-state index is 0.168. The molecule has 2 N–H and O–H groups in total. The van der Waals surface area contributed by atoms with Crippen LogP contribution in [0, 0.1) is 5.82 Å². The van der Waals surface area contributed by atoms with E-state index >= 15 is 0 Å². The summed E-state index contributed by atoms with van der Waals surface area (Å²) in [5.74, 6) is -0.465. The summed E-state index contributed by atoms with van der Waals surface area (Å²) in [7, 11) is 0. The largest absolute Gasteiger partial charge is 0.356 e. The molecule has 0 spiro atoms. The van der Waals surface area contributed by atoms with Gasteiger partial charge in [0.2, 0.25) is 11.0 Å². The standard InChI is InChI=1S/C21H18FN5OS3/c1-13(30-21-27-26-19(31-21)23-11-14-5-3-2-4-6-14)18(28)25-20-24-17(12-29-20)15-7-9-16(22)10-8-15/h2-10,12-13H,11H2,1H3,(H,23,26)(H,24,25,28). The van der Waals surface area contributed by atoms with Crippen LogP contribution in [-0.4, -0.2) is 26.3 Å². The Kier molecular flexibility index (Phi) is 6.90. The lowest BCUT2D eigenvalue weighted by atomic mass is 10.2. The quantitative estimate of drug-likeness (QED) is 0.329. The fourth-order valence-electron chi connectivity index (χ4n) is 2.60. The van der Waals surface area contributed by atoms with Gasteiger partial charge in [0.1, 0.15) is 5.82 Å². The van der Waals surface area contributed by atoms with Gasteiger partial charge in [0.25, 0.3) is 0 Å². The highest BCUT2D eigenvalue weighted by atomic mass is 32.2. The Labute approximate surface area is 191 Å². The number of anilines is 2. The lowest BCUT2D eigenvalue weighted by Gasteiger charge is -2.07. The molecule has 0 aliphatic carbocycles. The van der Waals surface area contributed by atoms with Crippen molar-refractivity contribution in [2.24, 2.45) is 0 Å². The van der Waals surface area contributed by atoms with Crippen LogP contribution in [0.25, 0.3) is 11.3 Å². The summed E-state index contributed by atoms with van der Waals surface area (Å²) in [6.07, 6.45) is 0. The van der Waals surface area contributed by atoms with Gasteiger partial charge >= 0.3 is 0 Å². The van der Waals surface area contributed by atoms with E-state index in [4.69, 9.17) is 0 Å². The van der Waals surface area contributed by atoms with E-state index in [1.165, 1.54) is 46.6 Å². The minimum Gasteiger partial charge on any atom is -0.356 e. The molecule has 2 heterocycles. The molecular weight excluding hydrogens is 453 g/mol. The topological polar surface area (TPSA) is 79.8 Å². The number of benzene rings is 2. The summed E-state index contributed by atoms with van der Waals surface area (Å²) in [6, 6.07) is 16.1. The zero-order chi connectivity index (χ0) is 21.6. The van der Waals surface area contributed by atoms with Crippen LogP contribution in [0.5, 0.6) is 0 Å². The van der Waals surface area contributed by atoms with Gasteiger partial charge in [0.15, 0.2) is 9.47 Å². The Morgan fingerprint density at radius 1 is 1.10 bits per heavy atom. The summed E-state index contributed by atoms with van der Waals surface area (Å²) in [6.45, 7) is 2.48. The number of nitrogens with one attached hydrogen (secondary N) is 2. The van der Waals surface area contributed by atoms with Gasteiger partial charge in [0.05, 0.1) is 10.9 Å². The second-order valence-electron chi connectivity index (χ2n) is 6.51. The fraction of sp³-hybridized carbons (Fsp3) is 0.143. The van der Waals surface area contributed by atoms with Crippen molar-refractivity contribution in [3.63, 3.8) is 0 Å². The molecule has 31 heavy (non-hydrogen) atoms. The fourth-order valence-corrected chi connectivity index (χ4v) is 5.21. The van der Waals surface area contributed by atoms with Gasteiger partial charge in [0, 0.05) is 17.5 Å². The van der Waals surface area contributed by atoms with E-state index in [1.807, 2.05) is 42.6 Å². The van der Waals surface area contributed by atoms with Crippen LogP contribution in [0.15, 0.2) is 64.3 Å². The van der Waals surface area contributed by atoms with Crippen molar-refractivity contribution in [2.75, 3.05) is 10.6 Å². The third-order valence-electron chi connectivity index (χ3n) is 4.21. The van der Waals surface area contributed by atoms with Crippen LogP contribution >= 0.6 is 34.4 Å². The number of nitrogens with zero attached hydrogens (tertiary/aromatic N) is 3. The molecule has 0 fully saturated rings. The van der Waals surface area contributed by atoms with E-state index in [2.05, 4.69) is 25.8 Å². The van der Waals surface area contributed by atoms with Crippen molar-refractivity contribution in [1.82, 2.24) is 15.2 Å². The monoisotopic (exact) mass is 471 g/mol. The van der Waals surface area contributed by atoms with Crippen molar-refractivity contribution in [3.8, 4) is 11.3 Å². The van der Waals surface area contributed by atoms with Crippen LogP contribution < -0.4 is 10.6 Å². The average molecular weight is 472 g/mol. The van der Waals surface area contributed by atoms with Gasteiger partial charge in [-0.05, 0) is 36.8 Å². The van der Waals surface area contributed by atoms with Gasteiger partial charge in [-0.2, -0.15) is 0 Å². The zero-order valence-corrected chi connectivity index (χ0v) is 18.9.